The van der Waals surface area contributed by atoms with Gasteiger partial charge in [-0.3, -0.25) is 4.79 Å². The lowest BCUT2D eigenvalue weighted by atomic mass is 10.2. The standard InChI is InChI=1S/C11H7FOS2/c12-9-3-4-10(8(6-9)7-13)15-11-2-1-5-14-11/h1-7H. The van der Waals surface area contributed by atoms with Crippen LogP contribution in [0.1, 0.15) is 10.4 Å². The van der Waals surface area contributed by atoms with Crippen molar-refractivity contribution in [2.75, 3.05) is 0 Å². The molecule has 0 saturated carbocycles. The van der Waals surface area contributed by atoms with E-state index < -0.39 is 0 Å². The zero-order valence-electron chi connectivity index (χ0n) is 7.64. The van der Waals surface area contributed by atoms with Crippen molar-refractivity contribution in [1.82, 2.24) is 0 Å². The lowest BCUT2D eigenvalue weighted by Crippen LogP contribution is -1.86. The summed E-state index contributed by atoms with van der Waals surface area (Å²) >= 11 is 3.07. The minimum Gasteiger partial charge on any atom is -0.298 e. The summed E-state index contributed by atoms with van der Waals surface area (Å²) in [6.07, 6.45) is 0.680. The number of hydrogen-bond acceptors (Lipinski definition) is 3. The second kappa shape index (κ2) is 4.59. The van der Waals surface area contributed by atoms with Gasteiger partial charge < -0.3 is 0 Å². The summed E-state index contributed by atoms with van der Waals surface area (Å²) in [4.78, 5) is 11.5. The molecule has 0 radical (unpaired) electrons. The van der Waals surface area contributed by atoms with Gasteiger partial charge in [0.25, 0.3) is 0 Å². The fourth-order valence-corrected chi connectivity index (χ4v) is 2.94. The van der Waals surface area contributed by atoms with Gasteiger partial charge in [-0.05, 0) is 29.6 Å². The van der Waals surface area contributed by atoms with Crippen molar-refractivity contribution in [3.8, 4) is 0 Å². The van der Waals surface area contributed by atoms with Gasteiger partial charge in [-0.2, -0.15) is 0 Å². The Morgan fingerprint density at radius 1 is 1.33 bits per heavy atom. The maximum absolute atomic E-state index is 12.8. The van der Waals surface area contributed by atoms with Crippen molar-refractivity contribution < 1.29 is 9.18 Å². The molecule has 0 aliphatic carbocycles. The molecule has 0 N–H and O–H groups in total. The summed E-state index contributed by atoms with van der Waals surface area (Å²) in [5.41, 5.74) is 0.397. The topological polar surface area (TPSA) is 17.1 Å². The van der Waals surface area contributed by atoms with E-state index in [1.54, 1.807) is 17.4 Å². The molecule has 0 spiro atoms. The number of halogens is 1. The van der Waals surface area contributed by atoms with E-state index in [0.717, 1.165) is 9.10 Å². The van der Waals surface area contributed by atoms with Crippen LogP contribution in [0.3, 0.4) is 0 Å². The van der Waals surface area contributed by atoms with E-state index in [4.69, 9.17) is 0 Å². The molecule has 0 saturated heterocycles. The van der Waals surface area contributed by atoms with E-state index in [0.29, 0.717) is 11.8 Å². The molecule has 0 fully saturated rings. The molecule has 0 aliphatic rings. The molecule has 15 heavy (non-hydrogen) atoms. The highest BCUT2D eigenvalue weighted by atomic mass is 32.2. The van der Waals surface area contributed by atoms with Crippen molar-refractivity contribution in [2.45, 2.75) is 9.10 Å². The van der Waals surface area contributed by atoms with E-state index in [2.05, 4.69) is 0 Å². The largest absolute Gasteiger partial charge is 0.298 e. The zero-order valence-corrected chi connectivity index (χ0v) is 9.28. The number of aldehydes is 1. The van der Waals surface area contributed by atoms with E-state index in [1.165, 1.54) is 23.9 Å². The maximum atomic E-state index is 12.8. The number of carbonyl (C=O) groups excluding carboxylic acids is 1. The first kappa shape index (κ1) is 10.4. The van der Waals surface area contributed by atoms with E-state index in [9.17, 15) is 9.18 Å². The Balaban J connectivity index is 2.32. The van der Waals surface area contributed by atoms with Crippen molar-refractivity contribution in [1.29, 1.82) is 0 Å². The Morgan fingerprint density at radius 2 is 2.20 bits per heavy atom. The van der Waals surface area contributed by atoms with Gasteiger partial charge in [-0.1, -0.05) is 17.8 Å². The fourth-order valence-electron chi connectivity index (χ4n) is 1.13. The van der Waals surface area contributed by atoms with Crippen molar-refractivity contribution in [3.05, 3.63) is 47.1 Å². The second-order valence-electron chi connectivity index (χ2n) is 2.83. The summed E-state index contributed by atoms with van der Waals surface area (Å²) in [6.45, 7) is 0. The molecule has 0 aliphatic heterocycles. The molecule has 0 unspecified atom stereocenters. The summed E-state index contributed by atoms with van der Waals surface area (Å²) in [6, 6.07) is 8.15. The molecule has 1 aromatic heterocycles. The predicted molar refractivity (Wildman–Crippen MR) is 60.2 cm³/mol. The van der Waals surface area contributed by atoms with Gasteiger partial charge in [-0.25, -0.2) is 4.39 Å². The highest BCUT2D eigenvalue weighted by molar-refractivity contribution is 8.01. The average molecular weight is 238 g/mol. The van der Waals surface area contributed by atoms with Crippen LogP contribution in [0.5, 0.6) is 0 Å². The molecule has 0 bridgehead atoms. The molecular weight excluding hydrogens is 231 g/mol. The van der Waals surface area contributed by atoms with Gasteiger partial charge in [0.2, 0.25) is 0 Å². The van der Waals surface area contributed by atoms with Crippen LogP contribution >= 0.6 is 23.1 Å². The Bertz CT molecular complexity index is 465. The maximum Gasteiger partial charge on any atom is 0.151 e. The van der Waals surface area contributed by atoms with Crippen LogP contribution in [0.4, 0.5) is 4.39 Å². The highest BCUT2D eigenvalue weighted by Gasteiger charge is 2.05. The van der Waals surface area contributed by atoms with Crippen molar-refractivity contribution in [3.63, 3.8) is 0 Å². The minimum atomic E-state index is -0.382. The first-order valence-corrected chi connectivity index (χ1v) is 5.95. The van der Waals surface area contributed by atoms with Crippen LogP contribution in [0, 0.1) is 5.82 Å². The summed E-state index contributed by atoms with van der Waals surface area (Å²) < 4.78 is 13.9. The minimum absolute atomic E-state index is 0.382. The molecule has 1 nitrogen and oxygen atoms in total. The van der Waals surface area contributed by atoms with Crippen LogP contribution in [0.2, 0.25) is 0 Å². The molecule has 0 amide bonds. The zero-order chi connectivity index (χ0) is 10.7. The molecule has 4 heteroatoms. The number of thiophene rings is 1. The van der Waals surface area contributed by atoms with Crippen molar-refractivity contribution >= 4 is 29.4 Å². The normalized spacial score (nSPS) is 10.2. The van der Waals surface area contributed by atoms with Crippen molar-refractivity contribution in [2.24, 2.45) is 0 Å². The number of carbonyl (C=O) groups is 1. The van der Waals surface area contributed by atoms with E-state index in [1.807, 2.05) is 17.5 Å². The van der Waals surface area contributed by atoms with E-state index in [-0.39, 0.29) is 5.82 Å². The third-order valence-corrected chi connectivity index (χ3v) is 3.93. The van der Waals surface area contributed by atoms with Gasteiger partial charge in [-0.15, -0.1) is 11.3 Å². The van der Waals surface area contributed by atoms with Crippen LogP contribution < -0.4 is 0 Å². The number of hydrogen-bond donors (Lipinski definition) is 0. The number of rotatable bonds is 3. The average Bonchev–Trinajstić information content (AvgIpc) is 2.73. The van der Waals surface area contributed by atoms with Crippen LogP contribution in [0.25, 0.3) is 0 Å². The molecule has 1 heterocycles. The molecule has 76 valence electrons. The molecular formula is C11H7FOS2. The van der Waals surface area contributed by atoms with Crippen LogP contribution in [-0.2, 0) is 0 Å². The van der Waals surface area contributed by atoms with Crippen LogP contribution in [-0.4, -0.2) is 6.29 Å². The third-order valence-electron chi connectivity index (χ3n) is 1.80. The Kier molecular flexibility index (Phi) is 3.18. The molecule has 1 aromatic carbocycles. The number of benzene rings is 1. The first-order chi connectivity index (χ1) is 7.29. The Labute approximate surface area is 94.9 Å². The highest BCUT2D eigenvalue weighted by Crippen LogP contribution is 2.33. The van der Waals surface area contributed by atoms with Gasteiger partial charge in [0, 0.05) is 10.5 Å². The smallest absolute Gasteiger partial charge is 0.151 e. The fraction of sp³-hybridized carbons (Fsp3) is 0. The molecule has 0 atom stereocenters. The van der Waals surface area contributed by atoms with Crippen LogP contribution in [0.15, 0.2) is 44.8 Å². The summed E-state index contributed by atoms with van der Waals surface area (Å²) in [5, 5.41) is 1.96. The first-order valence-electron chi connectivity index (χ1n) is 4.25. The monoisotopic (exact) mass is 238 g/mol. The molecule has 2 rings (SSSR count). The van der Waals surface area contributed by atoms with Gasteiger partial charge in [0.05, 0.1) is 4.21 Å². The lowest BCUT2D eigenvalue weighted by Gasteiger charge is -2.01. The van der Waals surface area contributed by atoms with E-state index >= 15 is 0 Å². The quantitative estimate of drug-likeness (QED) is 0.755. The predicted octanol–water partition coefficient (Wildman–Crippen LogP) is 3.85. The van der Waals surface area contributed by atoms with Gasteiger partial charge in [0.15, 0.2) is 6.29 Å². The Morgan fingerprint density at radius 3 is 2.87 bits per heavy atom. The van der Waals surface area contributed by atoms with Gasteiger partial charge >= 0.3 is 0 Å². The van der Waals surface area contributed by atoms with Gasteiger partial charge in [0.1, 0.15) is 5.82 Å². The SMILES string of the molecule is O=Cc1cc(F)ccc1Sc1cccs1. The third kappa shape index (κ3) is 2.46. The second-order valence-corrected chi connectivity index (χ2v) is 5.12. The Hall–Kier alpha value is -1.13. The lowest BCUT2D eigenvalue weighted by molar-refractivity contribution is 0.112. The summed E-state index contributed by atoms with van der Waals surface area (Å²) in [5.74, 6) is -0.382. The summed E-state index contributed by atoms with van der Waals surface area (Å²) in [7, 11) is 0. The molecule has 2 aromatic rings.